The zero-order valence-corrected chi connectivity index (χ0v) is 18.5. The number of hydrogen-bond donors (Lipinski definition) is 0. The molecule has 0 spiro atoms. The number of fused-ring (bicyclic) bond motifs is 1. The number of pyridine rings is 1. The molecule has 5 heteroatoms. The molecule has 1 saturated carbocycles. The van der Waals surface area contributed by atoms with Crippen molar-refractivity contribution in [2.45, 2.75) is 32.1 Å². The van der Waals surface area contributed by atoms with Crippen LogP contribution in [0.1, 0.15) is 29.5 Å². The van der Waals surface area contributed by atoms with Gasteiger partial charge in [-0.1, -0.05) is 24.3 Å². The molecule has 0 N–H and O–H groups in total. The molecule has 1 fully saturated rings. The fourth-order valence-electron chi connectivity index (χ4n) is 4.17. The summed E-state index contributed by atoms with van der Waals surface area (Å²) in [5.74, 6) is 1.56. The van der Waals surface area contributed by atoms with E-state index in [1.807, 2.05) is 61.8 Å². The highest BCUT2D eigenvalue weighted by molar-refractivity contribution is 7.17. The predicted molar refractivity (Wildman–Crippen MR) is 125 cm³/mol. The van der Waals surface area contributed by atoms with Crippen LogP contribution in [-0.2, 0) is 12.5 Å². The van der Waals surface area contributed by atoms with Crippen molar-refractivity contribution in [3.8, 4) is 28.7 Å². The van der Waals surface area contributed by atoms with Gasteiger partial charge in [-0.15, -0.1) is 11.3 Å². The van der Waals surface area contributed by atoms with Gasteiger partial charge in [-0.05, 0) is 67.0 Å². The zero-order valence-electron chi connectivity index (χ0n) is 17.7. The number of para-hydroxylation sites is 1. The highest BCUT2D eigenvalue weighted by Gasteiger charge is 2.45. The van der Waals surface area contributed by atoms with Crippen LogP contribution in [-0.4, -0.2) is 4.57 Å². The Morgan fingerprint density at radius 2 is 1.84 bits per heavy atom. The van der Waals surface area contributed by atoms with E-state index in [0.29, 0.717) is 0 Å². The number of nitriles is 1. The molecule has 0 atom stereocenters. The topological polar surface area (TPSA) is 55.0 Å². The summed E-state index contributed by atoms with van der Waals surface area (Å²) < 4.78 is 8.83. The van der Waals surface area contributed by atoms with Gasteiger partial charge in [0.05, 0.1) is 11.5 Å². The van der Waals surface area contributed by atoms with Crippen LogP contribution in [0.15, 0.2) is 58.8 Å². The molecule has 4 aromatic rings. The molecule has 31 heavy (non-hydrogen) atoms. The fourth-order valence-corrected chi connectivity index (χ4v) is 5.06. The minimum atomic E-state index is -0.402. The molecule has 5 rings (SSSR count). The maximum absolute atomic E-state index is 12.6. The summed E-state index contributed by atoms with van der Waals surface area (Å²) in [7, 11) is 1.78. The third kappa shape index (κ3) is 3.15. The largest absolute Gasteiger partial charge is 0.456 e. The summed E-state index contributed by atoms with van der Waals surface area (Å²) in [6.45, 7) is 4.07. The SMILES string of the molecule is Cc1cccc(C)c1Oc1ccc(C2(C#N)CC2)cc1-c1cn(C)c(=O)c2sccc12. The summed E-state index contributed by atoms with van der Waals surface area (Å²) in [4.78, 5) is 12.6. The van der Waals surface area contributed by atoms with Crippen molar-refractivity contribution in [1.29, 1.82) is 5.26 Å². The third-order valence-electron chi connectivity index (χ3n) is 6.20. The lowest BCUT2D eigenvalue weighted by Crippen LogP contribution is -2.15. The van der Waals surface area contributed by atoms with E-state index < -0.39 is 5.41 Å². The number of hydrogen-bond acceptors (Lipinski definition) is 4. The van der Waals surface area contributed by atoms with Crippen molar-refractivity contribution in [3.05, 3.63) is 81.1 Å². The number of thiophene rings is 1. The normalized spacial score (nSPS) is 14.4. The quantitative estimate of drug-likeness (QED) is 0.389. The molecule has 0 saturated heterocycles. The van der Waals surface area contributed by atoms with Gasteiger partial charge in [0, 0.05) is 29.8 Å². The van der Waals surface area contributed by atoms with E-state index in [0.717, 1.165) is 62.2 Å². The molecule has 0 radical (unpaired) electrons. The summed E-state index contributed by atoms with van der Waals surface area (Å²) in [5, 5.41) is 12.6. The van der Waals surface area contributed by atoms with Gasteiger partial charge in [-0.2, -0.15) is 5.26 Å². The van der Waals surface area contributed by atoms with E-state index in [2.05, 4.69) is 12.1 Å². The van der Waals surface area contributed by atoms with Crippen LogP contribution in [0.2, 0.25) is 0 Å². The third-order valence-corrected chi connectivity index (χ3v) is 7.10. The molecule has 0 amide bonds. The van der Waals surface area contributed by atoms with Gasteiger partial charge >= 0.3 is 0 Å². The van der Waals surface area contributed by atoms with Crippen molar-refractivity contribution >= 4 is 21.4 Å². The summed E-state index contributed by atoms with van der Waals surface area (Å²) in [6.07, 6.45) is 3.63. The van der Waals surface area contributed by atoms with Crippen LogP contribution in [0.25, 0.3) is 21.2 Å². The Morgan fingerprint density at radius 1 is 1.10 bits per heavy atom. The molecule has 0 aliphatic heterocycles. The van der Waals surface area contributed by atoms with Gasteiger partial charge < -0.3 is 9.30 Å². The Hall–Kier alpha value is -3.36. The summed E-state index contributed by atoms with van der Waals surface area (Å²) in [5.41, 5.74) is 4.57. The van der Waals surface area contributed by atoms with Crippen LogP contribution < -0.4 is 10.3 Å². The van der Waals surface area contributed by atoms with Crippen LogP contribution in [0.5, 0.6) is 11.5 Å². The average molecular weight is 427 g/mol. The Labute approximate surface area is 185 Å². The van der Waals surface area contributed by atoms with Gasteiger partial charge in [-0.3, -0.25) is 4.79 Å². The van der Waals surface area contributed by atoms with E-state index in [-0.39, 0.29) is 5.56 Å². The Morgan fingerprint density at radius 3 is 2.52 bits per heavy atom. The molecule has 2 heterocycles. The lowest BCUT2D eigenvalue weighted by molar-refractivity contribution is 0.476. The van der Waals surface area contributed by atoms with Crippen LogP contribution >= 0.6 is 11.3 Å². The highest BCUT2D eigenvalue weighted by Crippen LogP contribution is 2.50. The molecule has 154 valence electrons. The van der Waals surface area contributed by atoms with E-state index in [9.17, 15) is 10.1 Å². The average Bonchev–Trinajstić information content (AvgIpc) is 3.41. The van der Waals surface area contributed by atoms with Crippen molar-refractivity contribution in [2.75, 3.05) is 0 Å². The lowest BCUT2D eigenvalue weighted by atomic mass is 9.92. The zero-order chi connectivity index (χ0) is 21.8. The first kappa shape index (κ1) is 19.6. The molecule has 2 aromatic heterocycles. The van der Waals surface area contributed by atoms with E-state index in [1.165, 1.54) is 11.3 Å². The number of nitrogens with zero attached hydrogens (tertiary/aromatic N) is 2. The molecule has 1 aliphatic rings. The highest BCUT2D eigenvalue weighted by atomic mass is 32.1. The molecule has 1 aliphatic carbocycles. The van der Waals surface area contributed by atoms with Gasteiger partial charge in [0.25, 0.3) is 5.56 Å². The second kappa shape index (κ2) is 7.11. The molecular formula is C26H22N2O2S. The van der Waals surface area contributed by atoms with Crippen LogP contribution in [0.4, 0.5) is 0 Å². The van der Waals surface area contributed by atoms with Gasteiger partial charge in [0.1, 0.15) is 16.2 Å². The molecule has 0 unspecified atom stereocenters. The van der Waals surface area contributed by atoms with Gasteiger partial charge in [-0.25, -0.2) is 0 Å². The number of ether oxygens (including phenoxy) is 1. The van der Waals surface area contributed by atoms with Crippen molar-refractivity contribution in [2.24, 2.45) is 7.05 Å². The smallest absolute Gasteiger partial charge is 0.268 e. The summed E-state index contributed by atoms with van der Waals surface area (Å²) >= 11 is 1.45. The monoisotopic (exact) mass is 426 g/mol. The lowest BCUT2D eigenvalue weighted by Gasteiger charge is -2.18. The second-order valence-electron chi connectivity index (χ2n) is 8.35. The van der Waals surface area contributed by atoms with E-state index in [1.54, 1.807) is 11.6 Å². The first-order chi connectivity index (χ1) is 14.9. The number of aryl methyl sites for hydroxylation is 3. The number of rotatable bonds is 4. The maximum atomic E-state index is 12.6. The van der Waals surface area contributed by atoms with Crippen molar-refractivity contribution < 1.29 is 4.74 Å². The molecule has 0 bridgehead atoms. The van der Waals surface area contributed by atoms with Crippen LogP contribution in [0.3, 0.4) is 0 Å². The predicted octanol–water partition coefficient (Wildman–Crippen LogP) is 6.23. The minimum absolute atomic E-state index is 0.00203. The standard InChI is InChI=1S/C26H22N2O2S/c1-16-5-4-6-17(2)23(16)30-22-8-7-18(26(15-27)10-11-26)13-20(22)21-14-28(3)25(29)24-19(21)9-12-31-24/h4-9,12-14H,10-11H2,1-3H3. The first-order valence-corrected chi connectivity index (χ1v) is 11.2. The maximum Gasteiger partial charge on any atom is 0.268 e. The van der Waals surface area contributed by atoms with E-state index >= 15 is 0 Å². The Balaban J connectivity index is 1.76. The Kier molecular flexibility index (Phi) is 4.49. The van der Waals surface area contributed by atoms with E-state index in [4.69, 9.17) is 4.74 Å². The second-order valence-corrected chi connectivity index (χ2v) is 9.27. The fraction of sp³-hybridized carbons (Fsp3) is 0.231. The van der Waals surface area contributed by atoms with Crippen LogP contribution in [0, 0.1) is 25.2 Å². The molecule has 4 nitrogen and oxygen atoms in total. The van der Waals surface area contributed by atoms with Gasteiger partial charge in [0.15, 0.2) is 0 Å². The summed E-state index contributed by atoms with van der Waals surface area (Å²) in [6, 6.07) is 16.6. The number of aromatic nitrogens is 1. The Bertz CT molecular complexity index is 1410. The van der Waals surface area contributed by atoms with Crippen molar-refractivity contribution in [3.63, 3.8) is 0 Å². The van der Waals surface area contributed by atoms with Crippen molar-refractivity contribution in [1.82, 2.24) is 4.57 Å². The van der Waals surface area contributed by atoms with Gasteiger partial charge in [0.2, 0.25) is 0 Å². The number of benzene rings is 2. The molecular weight excluding hydrogens is 404 g/mol. The first-order valence-electron chi connectivity index (χ1n) is 10.3. The molecule has 2 aromatic carbocycles. The minimum Gasteiger partial charge on any atom is -0.456 e.